The van der Waals surface area contributed by atoms with Gasteiger partial charge in [-0.1, -0.05) is 6.07 Å². The van der Waals surface area contributed by atoms with E-state index < -0.39 is 17.9 Å². The van der Waals surface area contributed by atoms with Crippen molar-refractivity contribution in [3.05, 3.63) is 30.1 Å². The fraction of sp³-hybridized carbons (Fsp3) is 0.364. The van der Waals surface area contributed by atoms with Gasteiger partial charge in [0.15, 0.2) is 6.10 Å². The number of carbonyl (C=O) groups excluding carboxylic acids is 1. The van der Waals surface area contributed by atoms with E-state index in [0.29, 0.717) is 12.4 Å². The van der Waals surface area contributed by atoms with Crippen molar-refractivity contribution in [3.63, 3.8) is 0 Å². The van der Waals surface area contributed by atoms with Crippen molar-refractivity contribution in [2.24, 2.45) is 0 Å². The van der Waals surface area contributed by atoms with Gasteiger partial charge >= 0.3 is 5.97 Å². The summed E-state index contributed by atoms with van der Waals surface area (Å²) in [5.74, 6) is -0.541. The second-order valence-electron chi connectivity index (χ2n) is 2.97. The molecule has 0 aromatic heterocycles. The lowest BCUT2D eigenvalue weighted by molar-refractivity contribution is -0.150. The Balaban J connectivity index is 2.58. The molecule has 0 heterocycles. The van der Waals surface area contributed by atoms with E-state index in [1.165, 1.54) is 18.2 Å². The molecule has 0 N–H and O–H groups in total. The van der Waals surface area contributed by atoms with Crippen molar-refractivity contribution in [3.8, 4) is 5.75 Å². The van der Waals surface area contributed by atoms with Crippen LogP contribution in [0, 0.1) is 5.82 Å². The van der Waals surface area contributed by atoms with Crippen LogP contribution in [0.25, 0.3) is 0 Å². The number of esters is 1. The topological polar surface area (TPSA) is 35.5 Å². The number of hydrogen-bond acceptors (Lipinski definition) is 3. The molecule has 0 saturated carbocycles. The Hall–Kier alpha value is -1.58. The number of hydrogen-bond donors (Lipinski definition) is 0. The molecule has 0 amide bonds. The Morgan fingerprint density at radius 2 is 2.27 bits per heavy atom. The number of rotatable bonds is 4. The summed E-state index contributed by atoms with van der Waals surface area (Å²) in [6.07, 6.45) is -0.730. The predicted molar refractivity (Wildman–Crippen MR) is 53.1 cm³/mol. The summed E-state index contributed by atoms with van der Waals surface area (Å²) in [7, 11) is 0. The Kier molecular flexibility index (Phi) is 4.09. The van der Waals surface area contributed by atoms with Gasteiger partial charge in [0.1, 0.15) is 11.6 Å². The van der Waals surface area contributed by atoms with Crippen molar-refractivity contribution >= 4 is 5.97 Å². The van der Waals surface area contributed by atoms with Crippen LogP contribution in [0.2, 0.25) is 0 Å². The average molecular weight is 212 g/mol. The normalized spacial score (nSPS) is 11.9. The van der Waals surface area contributed by atoms with Gasteiger partial charge in [-0.15, -0.1) is 0 Å². The van der Waals surface area contributed by atoms with E-state index in [0.717, 1.165) is 0 Å². The molecule has 0 fully saturated rings. The molecule has 0 bridgehead atoms. The van der Waals surface area contributed by atoms with Crippen molar-refractivity contribution in [1.82, 2.24) is 0 Å². The number of halogens is 1. The summed E-state index contributed by atoms with van der Waals surface area (Å²) in [6.45, 7) is 3.57. The minimum Gasteiger partial charge on any atom is -0.479 e. The fourth-order valence-electron chi connectivity index (χ4n) is 1.05. The van der Waals surface area contributed by atoms with Crippen LogP contribution in [0.15, 0.2) is 24.3 Å². The first kappa shape index (κ1) is 11.5. The summed E-state index contributed by atoms with van der Waals surface area (Å²) in [4.78, 5) is 11.2. The van der Waals surface area contributed by atoms with Gasteiger partial charge in [-0.05, 0) is 26.0 Å². The average Bonchev–Trinajstić information content (AvgIpc) is 2.18. The summed E-state index contributed by atoms with van der Waals surface area (Å²) in [6, 6.07) is 5.62. The van der Waals surface area contributed by atoms with E-state index in [9.17, 15) is 9.18 Å². The number of ether oxygens (including phenoxy) is 2. The molecule has 82 valence electrons. The Morgan fingerprint density at radius 1 is 1.53 bits per heavy atom. The zero-order chi connectivity index (χ0) is 11.3. The molecule has 15 heavy (non-hydrogen) atoms. The monoisotopic (exact) mass is 212 g/mol. The smallest absolute Gasteiger partial charge is 0.347 e. The lowest BCUT2D eigenvalue weighted by Crippen LogP contribution is -2.26. The summed E-state index contributed by atoms with van der Waals surface area (Å²) in [5, 5.41) is 0. The van der Waals surface area contributed by atoms with Gasteiger partial charge in [-0.2, -0.15) is 0 Å². The largest absolute Gasteiger partial charge is 0.479 e. The molecule has 1 atom stereocenters. The first-order valence-electron chi connectivity index (χ1n) is 4.72. The molecule has 0 saturated heterocycles. The van der Waals surface area contributed by atoms with Crippen LogP contribution in [0.4, 0.5) is 4.39 Å². The quantitative estimate of drug-likeness (QED) is 0.717. The fourth-order valence-corrected chi connectivity index (χ4v) is 1.05. The van der Waals surface area contributed by atoms with Crippen LogP contribution in [0.1, 0.15) is 13.8 Å². The van der Waals surface area contributed by atoms with Gasteiger partial charge in [-0.3, -0.25) is 0 Å². The van der Waals surface area contributed by atoms with Crippen molar-refractivity contribution in [2.75, 3.05) is 6.61 Å². The SMILES string of the molecule is CCOC(=O)[C@H](C)Oc1cccc(F)c1. The van der Waals surface area contributed by atoms with E-state index in [1.54, 1.807) is 19.9 Å². The maximum absolute atomic E-state index is 12.8. The third-order valence-corrected chi connectivity index (χ3v) is 1.73. The van der Waals surface area contributed by atoms with Gasteiger partial charge < -0.3 is 9.47 Å². The maximum Gasteiger partial charge on any atom is 0.347 e. The van der Waals surface area contributed by atoms with E-state index in [1.807, 2.05) is 0 Å². The van der Waals surface area contributed by atoms with Gasteiger partial charge in [0.05, 0.1) is 6.61 Å². The van der Waals surface area contributed by atoms with Gasteiger partial charge in [-0.25, -0.2) is 9.18 Å². The summed E-state index contributed by atoms with van der Waals surface area (Å²) < 4.78 is 22.7. The molecule has 0 unspecified atom stereocenters. The second-order valence-corrected chi connectivity index (χ2v) is 2.97. The summed E-state index contributed by atoms with van der Waals surface area (Å²) >= 11 is 0. The van der Waals surface area contributed by atoms with Crippen LogP contribution >= 0.6 is 0 Å². The molecular weight excluding hydrogens is 199 g/mol. The molecule has 0 radical (unpaired) electrons. The Labute approximate surface area is 87.8 Å². The molecule has 1 rings (SSSR count). The second kappa shape index (κ2) is 5.34. The standard InChI is InChI=1S/C11H13FO3/c1-3-14-11(13)8(2)15-10-6-4-5-9(12)7-10/h4-8H,3H2,1-2H3/t8-/m0/s1. The molecule has 1 aromatic carbocycles. The highest BCUT2D eigenvalue weighted by Crippen LogP contribution is 2.14. The Morgan fingerprint density at radius 3 is 2.87 bits per heavy atom. The summed E-state index contributed by atoms with van der Waals surface area (Å²) in [5.41, 5.74) is 0. The molecule has 0 aliphatic heterocycles. The van der Waals surface area contributed by atoms with E-state index in [2.05, 4.69) is 0 Å². The number of carbonyl (C=O) groups is 1. The lowest BCUT2D eigenvalue weighted by atomic mass is 10.3. The Bertz CT molecular complexity index is 338. The van der Waals surface area contributed by atoms with Crippen molar-refractivity contribution in [2.45, 2.75) is 20.0 Å². The molecule has 0 aliphatic rings. The van der Waals surface area contributed by atoms with Crippen LogP contribution in [-0.4, -0.2) is 18.7 Å². The molecule has 4 heteroatoms. The van der Waals surface area contributed by atoms with Gasteiger partial charge in [0.25, 0.3) is 0 Å². The van der Waals surface area contributed by atoms with E-state index >= 15 is 0 Å². The first-order chi connectivity index (χ1) is 7.13. The van der Waals surface area contributed by atoms with Gasteiger partial charge in [0, 0.05) is 6.07 Å². The van der Waals surface area contributed by atoms with Crippen molar-refractivity contribution < 1.29 is 18.7 Å². The zero-order valence-corrected chi connectivity index (χ0v) is 8.70. The maximum atomic E-state index is 12.8. The van der Waals surface area contributed by atoms with Crippen LogP contribution in [0.5, 0.6) is 5.75 Å². The van der Waals surface area contributed by atoms with E-state index in [-0.39, 0.29) is 0 Å². The van der Waals surface area contributed by atoms with Crippen molar-refractivity contribution in [1.29, 1.82) is 0 Å². The van der Waals surface area contributed by atoms with Crippen LogP contribution in [-0.2, 0) is 9.53 Å². The molecule has 0 spiro atoms. The van der Waals surface area contributed by atoms with E-state index in [4.69, 9.17) is 9.47 Å². The third kappa shape index (κ3) is 3.58. The minimum absolute atomic E-state index is 0.301. The molecule has 1 aromatic rings. The number of benzene rings is 1. The molecule has 0 aliphatic carbocycles. The predicted octanol–water partition coefficient (Wildman–Crippen LogP) is 2.16. The highest BCUT2D eigenvalue weighted by Gasteiger charge is 2.15. The van der Waals surface area contributed by atoms with Crippen LogP contribution in [0.3, 0.4) is 0 Å². The zero-order valence-electron chi connectivity index (χ0n) is 8.70. The molecule has 3 nitrogen and oxygen atoms in total. The lowest BCUT2D eigenvalue weighted by Gasteiger charge is -2.12. The minimum atomic E-state index is -0.730. The van der Waals surface area contributed by atoms with Gasteiger partial charge in [0.2, 0.25) is 0 Å². The molecular formula is C11H13FO3. The first-order valence-corrected chi connectivity index (χ1v) is 4.72. The third-order valence-electron chi connectivity index (χ3n) is 1.73. The highest BCUT2D eigenvalue weighted by atomic mass is 19.1. The van der Waals surface area contributed by atoms with Crippen LogP contribution < -0.4 is 4.74 Å². The highest BCUT2D eigenvalue weighted by molar-refractivity contribution is 5.74.